The van der Waals surface area contributed by atoms with Crippen LogP contribution in [0.3, 0.4) is 0 Å². The van der Waals surface area contributed by atoms with Crippen molar-refractivity contribution in [2.75, 3.05) is 26.2 Å². The zero-order valence-electron chi connectivity index (χ0n) is 14.5. The quantitative estimate of drug-likeness (QED) is 0.568. The molecule has 0 radical (unpaired) electrons. The van der Waals surface area contributed by atoms with E-state index in [2.05, 4.69) is 6.08 Å². The molecule has 1 heterocycles. The Balaban J connectivity index is 1.62. The van der Waals surface area contributed by atoms with Crippen LogP contribution in [0.15, 0.2) is 12.2 Å². The van der Waals surface area contributed by atoms with Gasteiger partial charge in [0.1, 0.15) is 6.10 Å². The summed E-state index contributed by atoms with van der Waals surface area (Å²) in [5, 5.41) is 0. The number of carbonyl (C=O) groups is 3. The fourth-order valence-corrected chi connectivity index (χ4v) is 3.09. The number of nitrogens with zero attached hydrogens (tertiary/aromatic N) is 2. The van der Waals surface area contributed by atoms with E-state index in [1.807, 2.05) is 6.08 Å². The molecule has 0 bridgehead atoms. The van der Waals surface area contributed by atoms with Gasteiger partial charge in [0.05, 0.1) is 0 Å². The predicted octanol–water partition coefficient (Wildman–Crippen LogP) is 1.89. The van der Waals surface area contributed by atoms with Gasteiger partial charge < -0.3 is 14.5 Å². The summed E-state index contributed by atoms with van der Waals surface area (Å²) in [5.41, 5.74) is 0. The fraction of sp³-hybridized carbons (Fsp3) is 0.722. The average molecular weight is 336 g/mol. The van der Waals surface area contributed by atoms with Gasteiger partial charge in [-0.25, -0.2) is 0 Å². The highest BCUT2D eigenvalue weighted by Gasteiger charge is 2.22. The van der Waals surface area contributed by atoms with Gasteiger partial charge >= 0.3 is 5.97 Å². The molecule has 24 heavy (non-hydrogen) atoms. The SMILES string of the molecule is CC(=O)N1CCN(C(=O)CCCC(=O)OC2C=CCCCC2)CC1. The van der Waals surface area contributed by atoms with Crippen LogP contribution >= 0.6 is 0 Å². The molecule has 0 spiro atoms. The third-order valence-electron chi connectivity index (χ3n) is 4.59. The number of hydrogen-bond acceptors (Lipinski definition) is 4. The van der Waals surface area contributed by atoms with Gasteiger partial charge in [-0.1, -0.05) is 6.08 Å². The van der Waals surface area contributed by atoms with Gasteiger partial charge in [0.15, 0.2) is 0 Å². The Morgan fingerprint density at radius 3 is 2.46 bits per heavy atom. The summed E-state index contributed by atoms with van der Waals surface area (Å²) >= 11 is 0. The molecule has 134 valence electrons. The van der Waals surface area contributed by atoms with Gasteiger partial charge in [-0.2, -0.15) is 0 Å². The second-order valence-corrected chi connectivity index (χ2v) is 6.48. The van der Waals surface area contributed by atoms with Gasteiger partial charge in [-0.15, -0.1) is 0 Å². The fourth-order valence-electron chi connectivity index (χ4n) is 3.09. The minimum Gasteiger partial charge on any atom is -0.458 e. The van der Waals surface area contributed by atoms with E-state index in [1.54, 1.807) is 16.7 Å². The zero-order chi connectivity index (χ0) is 17.4. The highest BCUT2D eigenvalue weighted by molar-refractivity contribution is 5.78. The Bertz CT molecular complexity index is 481. The van der Waals surface area contributed by atoms with E-state index in [0.717, 1.165) is 25.7 Å². The highest BCUT2D eigenvalue weighted by atomic mass is 16.5. The van der Waals surface area contributed by atoms with Gasteiger partial charge in [0.2, 0.25) is 11.8 Å². The number of piperazine rings is 1. The van der Waals surface area contributed by atoms with Crippen molar-refractivity contribution in [3.05, 3.63) is 12.2 Å². The van der Waals surface area contributed by atoms with Gasteiger partial charge in [0.25, 0.3) is 0 Å². The lowest BCUT2D eigenvalue weighted by Crippen LogP contribution is -2.50. The molecule has 1 unspecified atom stereocenters. The normalized spacial score (nSPS) is 21.3. The van der Waals surface area contributed by atoms with E-state index in [0.29, 0.717) is 39.0 Å². The topological polar surface area (TPSA) is 66.9 Å². The van der Waals surface area contributed by atoms with Crippen molar-refractivity contribution in [3.63, 3.8) is 0 Å². The minimum atomic E-state index is -0.222. The summed E-state index contributed by atoms with van der Waals surface area (Å²) < 4.78 is 5.44. The van der Waals surface area contributed by atoms with Gasteiger partial charge in [-0.05, 0) is 38.2 Å². The molecule has 1 aliphatic carbocycles. The molecule has 0 aromatic heterocycles. The Kier molecular flexibility index (Phi) is 7.28. The monoisotopic (exact) mass is 336 g/mol. The molecule has 2 rings (SSSR count). The highest BCUT2D eigenvalue weighted by Crippen LogP contribution is 2.15. The van der Waals surface area contributed by atoms with Crippen LogP contribution in [-0.2, 0) is 19.1 Å². The summed E-state index contributed by atoms with van der Waals surface area (Å²) in [5.74, 6) is -0.112. The average Bonchev–Trinajstić information content (AvgIpc) is 2.83. The Morgan fingerprint density at radius 1 is 1.04 bits per heavy atom. The van der Waals surface area contributed by atoms with Crippen molar-refractivity contribution in [1.29, 1.82) is 0 Å². The van der Waals surface area contributed by atoms with Crippen molar-refractivity contribution in [1.82, 2.24) is 9.80 Å². The number of ether oxygens (including phenoxy) is 1. The molecule has 0 aromatic rings. The van der Waals surface area contributed by atoms with Crippen LogP contribution in [0.4, 0.5) is 0 Å². The first kappa shape index (κ1) is 18.5. The zero-order valence-corrected chi connectivity index (χ0v) is 14.5. The lowest BCUT2D eigenvalue weighted by Gasteiger charge is -2.34. The number of carbonyl (C=O) groups excluding carboxylic acids is 3. The van der Waals surface area contributed by atoms with Crippen LogP contribution in [0, 0.1) is 0 Å². The summed E-state index contributed by atoms with van der Waals surface area (Å²) in [6.45, 7) is 3.90. The largest absolute Gasteiger partial charge is 0.458 e. The maximum absolute atomic E-state index is 12.2. The minimum absolute atomic E-state index is 0.0532. The lowest BCUT2D eigenvalue weighted by atomic mass is 10.2. The molecule has 1 atom stereocenters. The van der Waals surface area contributed by atoms with E-state index < -0.39 is 0 Å². The number of rotatable bonds is 5. The Morgan fingerprint density at radius 2 is 1.75 bits per heavy atom. The number of amides is 2. The van der Waals surface area contributed by atoms with Crippen molar-refractivity contribution in [3.8, 4) is 0 Å². The van der Waals surface area contributed by atoms with E-state index in [9.17, 15) is 14.4 Å². The first-order valence-electron chi connectivity index (χ1n) is 8.95. The maximum atomic E-state index is 12.2. The molecule has 6 heteroatoms. The molecule has 6 nitrogen and oxygen atoms in total. The van der Waals surface area contributed by atoms with Crippen LogP contribution in [0.2, 0.25) is 0 Å². The molecular weight excluding hydrogens is 308 g/mol. The first-order valence-corrected chi connectivity index (χ1v) is 8.95. The van der Waals surface area contributed by atoms with E-state index >= 15 is 0 Å². The van der Waals surface area contributed by atoms with Crippen molar-refractivity contribution >= 4 is 17.8 Å². The smallest absolute Gasteiger partial charge is 0.306 e. The van der Waals surface area contributed by atoms with Crippen LogP contribution in [0.5, 0.6) is 0 Å². The Labute approximate surface area is 143 Å². The number of esters is 1. The van der Waals surface area contributed by atoms with Crippen molar-refractivity contribution in [2.24, 2.45) is 0 Å². The van der Waals surface area contributed by atoms with Crippen molar-refractivity contribution in [2.45, 2.75) is 58.0 Å². The third-order valence-corrected chi connectivity index (χ3v) is 4.59. The van der Waals surface area contributed by atoms with Crippen LogP contribution in [0.25, 0.3) is 0 Å². The summed E-state index contributed by atoms with van der Waals surface area (Å²) in [4.78, 5) is 38.8. The molecular formula is C18H28N2O4. The van der Waals surface area contributed by atoms with Crippen LogP contribution in [0.1, 0.15) is 51.9 Å². The summed E-state index contributed by atoms with van der Waals surface area (Å²) in [6, 6.07) is 0. The molecule has 1 aliphatic heterocycles. The second-order valence-electron chi connectivity index (χ2n) is 6.48. The number of allylic oxidation sites excluding steroid dienone is 1. The summed E-state index contributed by atoms with van der Waals surface area (Å²) in [6.07, 6.45) is 9.28. The second kappa shape index (κ2) is 9.45. The molecule has 1 saturated heterocycles. The van der Waals surface area contributed by atoms with Crippen molar-refractivity contribution < 1.29 is 19.1 Å². The first-order chi connectivity index (χ1) is 11.6. The Hall–Kier alpha value is -1.85. The molecule has 2 aliphatic rings. The van der Waals surface area contributed by atoms with Crippen LogP contribution in [-0.4, -0.2) is 59.9 Å². The van der Waals surface area contributed by atoms with Gasteiger partial charge in [-0.3, -0.25) is 14.4 Å². The van der Waals surface area contributed by atoms with Crippen LogP contribution < -0.4 is 0 Å². The van der Waals surface area contributed by atoms with E-state index in [4.69, 9.17) is 4.74 Å². The lowest BCUT2D eigenvalue weighted by molar-refractivity contribution is -0.147. The van der Waals surface area contributed by atoms with E-state index in [-0.39, 0.29) is 30.3 Å². The number of hydrogen-bond donors (Lipinski definition) is 0. The molecule has 2 amide bonds. The third kappa shape index (κ3) is 5.98. The van der Waals surface area contributed by atoms with Gasteiger partial charge in [0, 0.05) is 45.9 Å². The molecule has 0 N–H and O–H groups in total. The standard InChI is InChI=1S/C18H28N2O4/c1-15(21)19-11-13-20(14-12-19)17(22)9-6-10-18(23)24-16-7-4-2-3-5-8-16/h4,7,16H,2-3,5-6,8-14H2,1H3. The van der Waals surface area contributed by atoms with E-state index in [1.165, 1.54) is 0 Å². The maximum Gasteiger partial charge on any atom is 0.306 e. The molecule has 0 saturated carbocycles. The summed E-state index contributed by atoms with van der Waals surface area (Å²) in [7, 11) is 0. The predicted molar refractivity (Wildman–Crippen MR) is 90.2 cm³/mol. The molecule has 0 aromatic carbocycles. The molecule has 1 fully saturated rings.